The topological polar surface area (TPSA) is 64.2 Å². The highest BCUT2D eigenvalue weighted by Crippen LogP contribution is 1.83. The van der Waals surface area contributed by atoms with Crippen LogP contribution in [-0.4, -0.2) is 93.8 Å². The summed E-state index contributed by atoms with van der Waals surface area (Å²) >= 11 is 0. The van der Waals surface area contributed by atoms with E-state index in [9.17, 15) is 14.4 Å². The Labute approximate surface area is 152 Å². The number of urea groups is 1. The van der Waals surface area contributed by atoms with E-state index in [1.165, 1.54) is 33.4 Å². The molecule has 0 aromatic heterocycles. The van der Waals surface area contributed by atoms with Crippen LogP contribution < -0.4 is 0 Å². The van der Waals surface area contributed by atoms with E-state index in [1.54, 1.807) is 56.4 Å². The number of nitrogens with zero attached hydrogens (tertiary/aromatic N) is 4. The molecule has 0 rings (SSSR count). The average molecular weight is 355 g/mol. The maximum atomic E-state index is 10.7. The third kappa shape index (κ3) is 36.9. The summed E-state index contributed by atoms with van der Waals surface area (Å²) in [7, 11) is 13.8. The number of hydrogen-bond acceptors (Lipinski definition) is 3. The molecule has 0 bridgehead atoms. The molecule has 4 amide bonds. The Bertz CT molecular complexity index is 274. The molecule has 152 valence electrons. The standard InChI is InChI=1S/C5H12N2O.2C4H9NO.4CH4/c1-6(2)5(8)7(3)4;2*1-4(6)5(2)3;;;;/h1-4H3;2*1-3H3;4*1H4. The molecule has 0 aromatic rings. The molecule has 0 N–H and O–H groups in total. The lowest BCUT2D eigenvalue weighted by atomic mass is 10.7. The van der Waals surface area contributed by atoms with Gasteiger partial charge in [0.15, 0.2) is 0 Å². The second-order valence-electron chi connectivity index (χ2n) is 4.90. The van der Waals surface area contributed by atoms with E-state index in [0.29, 0.717) is 0 Å². The molecule has 24 heavy (non-hydrogen) atoms. The summed E-state index contributed by atoms with van der Waals surface area (Å²) < 4.78 is 0. The van der Waals surface area contributed by atoms with Crippen molar-refractivity contribution in [3.05, 3.63) is 0 Å². The van der Waals surface area contributed by atoms with E-state index in [0.717, 1.165) is 0 Å². The van der Waals surface area contributed by atoms with Crippen LogP contribution in [0.3, 0.4) is 0 Å². The molecular weight excluding hydrogens is 308 g/mol. The molecule has 0 saturated carbocycles. The minimum absolute atomic E-state index is 0. The smallest absolute Gasteiger partial charge is 0.318 e. The van der Waals surface area contributed by atoms with Crippen LogP contribution in [-0.2, 0) is 9.59 Å². The van der Waals surface area contributed by atoms with Crippen molar-refractivity contribution < 1.29 is 14.4 Å². The summed E-state index contributed by atoms with van der Waals surface area (Å²) in [4.78, 5) is 36.9. The Morgan fingerprint density at radius 3 is 0.583 bits per heavy atom. The van der Waals surface area contributed by atoms with Crippen LogP contribution in [0.25, 0.3) is 0 Å². The van der Waals surface area contributed by atoms with Crippen molar-refractivity contribution in [2.24, 2.45) is 0 Å². The number of amides is 4. The molecule has 0 heterocycles. The highest BCUT2D eigenvalue weighted by atomic mass is 16.2. The van der Waals surface area contributed by atoms with E-state index in [1.807, 2.05) is 0 Å². The number of carbonyl (C=O) groups excluding carboxylic acids is 3. The first kappa shape index (κ1) is 43.2. The molecule has 0 spiro atoms. The van der Waals surface area contributed by atoms with Crippen LogP contribution in [0.15, 0.2) is 0 Å². The Morgan fingerprint density at radius 2 is 0.583 bits per heavy atom. The largest absolute Gasteiger partial charge is 0.349 e. The molecule has 0 fully saturated rings. The van der Waals surface area contributed by atoms with Gasteiger partial charge in [0, 0.05) is 70.2 Å². The van der Waals surface area contributed by atoms with Gasteiger partial charge in [0.2, 0.25) is 11.8 Å². The zero-order chi connectivity index (χ0) is 17.0. The fourth-order valence-electron chi connectivity index (χ4n) is 0.400. The van der Waals surface area contributed by atoms with Crippen molar-refractivity contribution >= 4 is 17.8 Å². The van der Waals surface area contributed by atoms with Crippen LogP contribution in [0.1, 0.15) is 43.6 Å². The molecule has 0 unspecified atom stereocenters. The van der Waals surface area contributed by atoms with Crippen LogP contribution in [0.4, 0.5) is 4.79 Å². The lowest BCUT2D eigenvalue weighted by Gasteiger charge is -2.16. The van der Waals surface area contributed by atoms with Crippen LogP contribution in [0.5, 0.6) is 0 Å². The van der Waals surface area contributed by atoms with Gasteiger partial charge in [-0.05, 0) is 0 Å². The SMILES string of the molecule is C.C.C.C.CC(=O)N(C)C.CC(=O)N(C)C.CN(C)C(=O)N(C)C. The van der Waals surface area contributed by atoms with Gasteiger partial charge in [-0.25, -0.2) is 4.79 Å². The summed E-state index contributed by atoms with van der Waals surface area (Å²) in [6.07, 6.45) is 0. The lowest BCUT2D eigenvalue weighted by molar-refractivity contribution is -0.127. The lowest BCUT2D eigenvalue weighted by Crippen LogP contribution is -2.33. The Hall–Kier alpha value is -1.79. The molecule has 7 heteroatoms. The van der Waals surface area contributed by atoms with E-state index >= 15 is 0 Å². The van der Waals surface area contributed by atoms with Crippen molar-refractivity contribution in [1.82, 2.24) is 19.6 Å². The Kier molecular flexibility index (Phi) is 42.2. The van der Waals surface area contributed by atoms with Gasteiger partial charge in [0.05, 0.1) is 0 Å². The predicted octanol–water partition coefficient (Wildman–Crippen LogP) is 2.96. The van der Waals surface area contributed by atoms with Gasteiger partial charge in [-0.3, -0.25) is 9.59 Å². The third-order valence-corrected chi connectivity index (χ3v) is 2.02. The van der Waals surface area contributed by atoms with Gasteiger partial charge in [0.25, 0.3) is 0 Å². The van der Waals surface area contributed by atoms with E-state index in [2.05, 4.69) is 0 Å². The molecule has 0 aliphatic carbocycles. The molecule has 0 radical (unpaired) electrons. The summed E-state index contributed by atoms with van der Waals surface area (Å²) in [5.41, 5.74) is 0. The molecule has 0 aliphatic rings. The van der Waals surface area contributed by atoms with Crippen LogP contribution in [0, 0.1) is 0 Å². The van der Waals surface area contributed by atoms with Crippen molar-refractivity contribution in [2.45, 2.75) is 43.6 Å². The molecule has 0 atom stereocenters. The first-order valence-corrected chi connectivity index (χ1v) is 6.08. The van der Waals surface area contributed by atoms with Crippen molar-refractivity contribution in [2.75, 3.05) is 56.4 Å². The average Bonchev–Trinajstić information content (AvgIpc) is 2.28. The van der Waals surface area contributed by atoms with Gasteiger partial charge in [-0.15, -0.1) is 0 Å². The number of rotatable bonds is 0. The molecule has 7 nitrogen and oxygen atoms in total. The van der Waals surface area contributed by atoms with Gasteiger partial charge >= 0.3 is 6.03 Å². The van der Waals surface area contributed by atoms with Gasteiger partial charge in [0.1, 0.15) is 0 Å². The summed E-state index contributed by atoms with van der Waals surface area (Å²) in [5, 5.41) is 0. The normalized spacial score (nSPS) is 6.75. The van der Waals surface area contributed by atoms with Gasteiger partial charge < -0.3 is 19.6 Å². The second kappa shape index (κ2) is 23.5. The minimum atomic E-state index is 0. The Morgan fingerprint density at radius 1 is 0.458 bits per heavy atom. The van der Waals surface area contributed by atoms with Gasteiger partial charge in [-0.1, -0.05) is 29.7 Å². The third-order valence-electron chi connectivity index (χ3n) is 2.02. The zero-order valence-electron chi connectivity index (χ0n) is 14.5. The fraction of sp³-hybridized carbons (Fsp3) is 0.824. The zero-order valence-corrected chi connectivity index (χ0v) is 14.5. The van der Waals surface area contributed by atoms with Crippen molar-refractivity contribution in [3.63, 3.8) is 0 Å². The molecule has 0 aromatic carbocycles. The van der Waals surface area contributed by atoms with E-state index in [4.69, 9.17) is 0 Å². The van der Waals surface area contributed by atoms with E-state index in [-0.39, 0.29) is 47.6 Å². The predicted molar refractivity (Wildman–Crippen MR) is 108 cm³/mol. The molecular formula is C17H46N4O3. The first-order valence-electron chi connectivity index (χ1n) is 6.08. The van der Waals surface area contributed by atoms with Gasteiger partial charge in [-0.2, -0.15) is 0 Å². The maximum absolute atomic E-state index is 10.7. The first-order chi connectivity index (χ1) is 8.84. The van der Waals surface area contributed by atoms with Crippen LogP contribution >= 0.6 is 0 Å². The second-order valence-corrected chi connectivity index (χ2v) is 4.90. The summed E-state index contributed by atoms with van der Waals surface area (Å²) in [6, 6.07) is 0.0185. The quantitative estimate of drug-likeness (QED) is 0.672. The van der Waals surface area contributed by atoms with Crippen LogP contribution in [0.2, 0.25) is 0 Å². The summed E-state index contributed by atoms with van der Waals surface area (Å²) in [5.74, 6) is 0.185. The molecule has 0 aliphatic heterocycles. The molecule has 0 saturated heterocycles. The summed E-state index contributed by atoms with van der Waals surface area (Å²) in [6.45, 7) is 3.06. The number of hydrogen-bond donors (Lipinski definition) is 0. The van der Waals surface area contributed by atoms with E-state index < -0.39 is 0 Å². The fourth-order valence-corrected chi connectivity index (χ4v) is 0.400. The van der Waals surface area contributed by atoms with Crippen molar-refractivity contribution in [1.29, 1.82) is 0 Å². The maximum Gasteiger partial charge on any atom is 0.318 e. The highest BCUT2D eigenvalue weighted by Gasteiger charge is 2.02. The highest BCUT2D eigenvalue weighted by molar-refractivity contribution is 5.73. The minimum Gasteiger partial charge on any atom is -0.349 e. The number of carbonyl (C=O) groups is 3. The Balaban J connectivity index is -0.0000000338. The van der Waals surface area contributed by atoms with Crippen molar-refractivity contribution in [3.8, 4) is 0 Å². The monoisotopic (exact) mass is 354 g/mol.